The van der Waals surface area contributed by atoms with Crippen molar-refractivity contribution in [2.24, 2.45) is 10.9 Å². The van der Waals surface area contributed by atoms with Gasteiger partial charge in [-0.25, -0.2) is 0 Å². The van der Waals surface area contributed by atoms with Crippen LogP contribution >= 0.6 is 11.8 Å². The van der Waals surface area contributed by atoms with Crippen LogP contribution in [-0.2, 0) is 0 Å². The molecule has 0 spiro atoms. The van der Waals surface area contributed by atoms with Crippen LogP contribution in [0.3, 0.4) is 0 Å². The number of rotatable bonds is 3. The fraction of sp³-hybridized carbons (Fsp3) is 0.240. The van der Waals surface area contributed by atoms with E-state index in [1.807, 2.05) is 23.9 Å². The van der Waals surface area contributed by atoms with Gasteiger partial charge >= 0.3 is 0 Å². The van der Waals surface area contributed by atoms with Crippen molar-refractivity contribution in [2.45, 2.75) is 17.1 Å². The standard InChI is InChI=1S/C25H23NO3S/c1-15-8-10-20-17(12-15)24-18(14-29-20)25(30-23-7-5-4-6-19(23)26-24)16-9-11-21(27-2)22(13-16)28-3/h4-13,18,25H,14H2,1-3H3/t18-,25+/m0/s1. The zero-order chi connectivity index (χ0) is 20.7. The minimum atomic E-state index is 0.120. The molecule has 4 nitrogen and oxygen atoms in total. The van der Waals surface area contributed by atoms with E-state index in [-0.39, 0.29) is 11.2 Å². The van der Waals surface area contributed by atoms with E-state index < -0.39 is 0 Å². The highest BCUT2D eigenvalue weighted by Crippen LogP contribution is 2.51. The Morgan fingerprint density at radius 3 is 2.63 bits per heavy atom. The van der Waals surface area contributed by atoms with Crippen LogP contribution < -0.4 is 14.2 Å². The van der Waals surface area contributed by atoms with Crippen molar-refractivity contribution in [3.8, 4) is 17.2 Å². The number of aryl methyl sites for hydroxylation is 1. The molecular formula is C25H23NO3S. The van der Waals surface area contributed by atoms with E-state index in [2.05, 4.69) is 55.5 Å². The number of aliphatic imine (C=N–C) groups is 1. The molecule has 152 valence electrons. The van der Waals surface area contributed by atoms with E-state index in [9.17, 15) is 0 Å². The average Bonchev–Trinajstić information content (AvgIpc) is 2.95. The van der Waals surface area contributed by atoms with Crippen molar-refractivity contribution in [2.75, 3.05) is 20.8 Å². The third-order valence-electron chi connectivity index (χ3n) is 5.64. The Balaban J connectivity index is 1.68. The molecule has 0 bridgehead atoms. The average molecular weight is 418 g/mol. The van der Waals surface area contributed by atoms with Crippen LogP contribution in [-0.4, -0.2) is 26.5 Å². The number of hydrogen-bond donors (Lipinski definition) is 0. The van der Waals surface area contributed by atoms with Crippen molar-refractivity contribution in [3.63, 3.8) is 0 Å². The molecule has 3 aromatic carbocycles. The van der Waals surface area contributed by atoms with Gasteiger partial charge in [0.2, 0.25) is 0 Å². The number of benzene rings is 3. The first-order valence-electron chi connectivity index (χ1n) is 9.98. The highest BCUT2D eigenvalue weighted by atomic mass is 32.2. The van der Waals surface area contributed by atoms with Gasteiger partial charge in [-0.05, 0) is 48.9 Å². The summed E-state index contributed by atoms with van der Waals surface area (Å²) in [5.74, 6) is 2.50. The van der Waals surface area contributed by atoms with E-state index in [1.165, 1.54) is 16.0 Å². The molecule has 0 N–H and O–H groups in total. The van der Waals surface area contributed by atoms with Crippen LogP contribution in [0.5, 0.6) is 17.2 Å². The van der Waals surface area contributed by atoms with Crippen molar-refractivity contribution in [3.05, 3.63) is 77.4 Å². The molecule has 0 aromatic heterocycles. The second kappa shape index (κ2) is 7.73. The van der Waals surface area contributed by atoms with Gasteiger partial charge in [0.15, 0.2) is 11.5 Å². The molecule has 5 rings (SSSR count). The van der Waals surface area contributed by atoms with Crippen LogP contribution in [0.15, 0.2) is 70.6 Å². The SMILES string of the molecule is COc1ccc([C@H]2Sc3ccccc3N=C3c4cc(C)ccc4OC[C@@H]32)cc1OC. The number of fused-ring (bicyclic) bond motifs is 4. The van der Waals surface area contributed by atoms with Gasteiger partial charge in [-0.1, -0.05) is 29.8 Å². The van der Waals surface area contributed by atoms with Crippen LogP contribution in [0.25, 0.3) is 0 Å². The van der Waals surface area contributed by atoms with Gasteiger partial charge in [-0.2, -0.15) is 0 Å². The summed E-state index contributed by atoms with van der Waals surface area (Å²) in [7, 11) is 3.33. The van der Waals surface area contributed by atoms with Crippen LogP contribution in [0, 0.1) is 12.8 Å². The van der Waals surface area contributed by atoms with Gasteiger partial charge in [-0.3, -0.25) is 4.99 Å². The Hall–Kier alpha value is -2.92. The first-order chi connectivity index (χ1) is 14.7. The van der Waals surface area contributed by atoms with Crippen molar-refractivity contribution in [1.29, 1.82) is 0 Å². The van der Waals surface area contributed by atoms with Gasteiger partial charge in [0.05, 0.1) is 38.1 Å². The van der Waals surface area contributed by atoms with E-state index in [4.69, 9.17) is 19.2 Å². The normalized spacial score (nSPS) is 19.4. The minimum Gasteiger partial charge on any atom is -0.493 e. The van der Waals surface area contributed by atoms with E-state index >= 15 is 0 Å². The quantitative estimate of drug-likeness (QED) is 0.525. The highest BCUT2D eigenvalue weighted by Gasteiger charge is 2.37. The van der Waals surface area contributed by atoms with Gasteiger partial charge in [0.1, 0.15) is 5.75 Å². The van der Waals surface area contributed by atoms with Gasteiger partial charge in [0, 0.05) is 15.7 Å². The van der Waals surface area contributed by atoms with Crippen LogP contribution in [0.2, 0.25) is 0 Å². The summed E-state index contributed by atoms with van der Waals surface area (Å²) in [6.45, 7) is 2.70. The van der Waals surface area contributed by atoms with Gasteiger partial charge < -0.3 is 14.2 Å². The highest BCUT2D eigenvalue weighted by molar-refractivity contribution is 7.99. The fourth-order valence-electron chi connectivity index (χ4n) is 4.13. The van der Waals surface area contributed by atoms with Gasteiger partial charge in [-0.15, -0.1) is 11.8 Å². The zero-order valence-corrected chi connectivity index (χ0v) is 18.0. The number of hydrogen-bond acceptors (Lipinski definition) is 5. The number of para-hydroxylation sites is 1. The smallest absolute Gasteiger partial charge is 0.161 e. The fourth-order valence-corrected chi connectivity index (χ4v) is 5.45. The third kappa shape index (κ3) is 3.23. The Kier molecular flexibility index (Phi) is 4.91. The summed E-state index contributed by atoms with van der Waals surface area (Å²) in [4.78, 5) is 6.33. The maximum atomic E-state index is 6.21. The summed E-state index contributed by atoms with van der Waals surface area (Å²) >= 11 is 1.84. The number of nitrogens with zero attached hydrogens (tertiary/aromatic N) is 1. The lowest BCUT2D eigenvalue weighted by atomic mass is 9.87. The summed E-state index contributed by atoms with van der Waals surface area (Å²) in [5, 5.41) is 0.140. The molecule has 30 heavy (non-hydrogen) atoms. The Labute approximate surface area is 180 Å². The second-order valence-electron chi connectivity index (χ2n) is 7.53. The van der Waals surface area contributed by atoms with Crippen molar-refractivity contribution >= 4 is 23.2 Å². The molecule has 0 radical (unpaired) electrons. The van der Waals surface area contributed by atoms with Crippen molar-refractivity contribution < 1.29 is 14.2 Å². The first-order valence-corrected chi connectivity index (χ1v) is 10.9. The molecule has 0 saturated carbocycles. The van der Waals surface area contributed by atoms with E-state index in [0.29, 0.717) is 6.61 Å². The monoisotopic (exact) mass is 417 g/mol. The van der Waals surface area contributed by atoms with Crippen molar-refractivity contribution in [1.82, 2.24) is 0 Å². The molecule has 2 aliphatic heterocycles. The maximum absolute atomic E-state index is 6.21. The lowest BCUT2D eigenvalue weighted by Gasteiger charge is -2.32. The Morgan fingerprint density at radius 1 is 0.967 bits per heavy atom. The topological polar surface area (TPSA) is 40.0 Å². The lowest BCUT2D eigenvalue weighted by molar-refractivity contribution is 0.271. The third-order valence-corrected chi connectivity index (χ3v) is 7.10. The molecule has 0 fully saturated rings. The molecule has 0 amide bonds. The molecule has 0 unspecified atom stereocenters. The zero-order valence-electron chi connectivity index (χ0n) is 17.2. The molecule has 2 aliphatic rings. The lowest BCUT2D eigenvalue weighted by Crippen LogP contribution is -2.32. The van der Waals surface area contributed by atoms with E-state index in [1.54, 1.807) is 14.2 Å². The molecule has 3 aromatic rings. The van der Waals surface area contributed by atoms with Crippen LogP contribution in [0.1, 0.15) is 21.9 Å². The summed E-state index contributed by atoms with van der Waals surface area (Å²) < 4.78 is 17.2. The molecule has 5 heteroatoms. The summed E-state index contributed by atoms with van der Waals surface area (Å²) in [5.41, 5.74) is 5.58. The van der Waals surface area contributed by atoms with Gasteiger partial charge in [0.25, 0.3) is 0 Å². The Bertz CT molecular complexity index is 1140. The number of methoxy groups -OCH3 is 2. The number of thioether (sulfide) groups is 1. The maximum Gasteiger partial charge on any atom is 0.161 e. The Morgan fingerprint density at radius 2 is 1.80 bits per heavy atom. The minimum absolute atomic E-state index is 0.120. The predicted molar refractivity (Wildman–Crippen MR) is 121 cm³/mol. The first kappa shape index (κ1) is 19.1. The molecule has 2 heterocycles. The number of ether oxygens (including phenoxy) is 3. The summed E-state index contributed by atoms with van der Waals surface area (Å²) in [6.07, 6.45) is 0. The molecular weight excluding hydrogens is 394 g/mol. The predicted octanol–water partition coefficient (Wildman–Crippen LogP) is 5.99. The van der Waals surface area contributed by atoms with Crippen LogP contribution in [0.4, 0.5) is 5.69 Å². The molecule has 0 saturated heterocycles. The van der Waals surface area contributed by atoms with E-state index in [0.717, 1.165) is 34.2 Å². The second-order valence-corrected chi connectivity index (χ2v) is 8.72. The largest absolute Gasteiger partial charge is 0.493 e. The molecule has 2 atom stereocenters. The summed E-state index contributed by atoms with van der Waals surface area (Å²) in [6, 6.07) is 20.9. The molecule has 0 aliphatic carbocycles.